The van der Waals surface area contributed by atoms with E-state index < -0.39 is 35.6 Å². The average molecular weight is 477 g/mol. The standard InChI is InChI=1S/C25H31F3N4O2/c26-25(27,28)19-9-6-10-20(17-19)30-24(34)22(12-11-18-7-2-1-3-8-18)31-23(33)21(29)13-16-32-14-4-5-15-32/h1-3,6-10,17,21-22H,4-5,11-16,29H2,(H,30,34)(H,31,33). The molecule has 0 radical (unpaired) electrons. The van der Waals surface area contributed by atoms with Gasteiger partial charge in [0.1, 0.15) is 6.04 Å². The first-order chi connectivity index (χ1) is 16.2. The van der Waals surface area contributed by atoms with Gasteiger partial charge in [-0.25, -0.2) is 0 Å². The number of nitrogens with one attached hydrogen (secondary N) is 2. The van der Waals surface area contributed by atoms with Gasteiger partial charge in [0.15, 0.2) is 0 Å². The Kier molecular flexibility index (Phi) is 9.06. The molecule has 2 unspecified atom stereocenters. The van der Waals surface area contributed by atoms with Gasteiger partial charge in [0.2, 0.25) is 11.8 Å². The number of amides is 2. The maximum Gasteiger partial charge on any atom is 0.416 e. The van der Waals surface area contributed by atoms with Crippen molar-refractivity contribution in [1.82, 2.24) is 10.2 Å². The molecule has 0 spiro atoms. The Morgan fingerprint density at radius 2 is 1.68 bits per heavy atom. The van der Waals surface area contributed by atoms with Gasteiger partial charge in [-0.15, -0.1) is 0 Å². The van der Waals surface area contributed by atoms with Gasteiger partial charge in [0.25, 0.3) is 0 Å². The van der Waals surface area contributed by atoms with Gasteiger partial charge in [0.05, 0.1) is 11.6 Å². The predicted molar refractivity (Wildman–Crippen MR) is 125 cm³/mol. The first kappa shape index (κ1) is 25.7. The zero-order valence-electron chi connectivity index (χ0n) is 19.0. The number of alkyl halides is 3. The second-order valence-corrected chi connectivity index (χ2v) is 8.60. The summed E-state index contributed by atoms with van der Waals surface area (Å²) in [7, 11) is 0. The number of halogens is 3. The van der Waals surface area contributed by atoms with Crippen molar-refractivity contribution in [2.24, 2.45) is 5.73 Å². The molecule has 2 aromatic carbocycles. The van der Waals surface area contributed by atoms with Crippen molar-refractivity contribution >= 4 is 17.5 Å². The Balaban J connectivity index is 1.65. The quantitative estimate of drug-likeness (QED) is 0.489. The molecule has 0 aliphatic carbocycles. The van der Waals surface area contributed by atoms with Crippen molar-refractivity contribution in [2.75, 3.05) is 25.0 Å². The van der Waals surface area contributed by atoms with Crippen LogP contribution in [0.2, 0.25) is 0 Å². The molecular formula is C25H31F3N4O2. The predicted octanol–water partition coefficient (Wildman–Crippen LogP) is 3.57. The molecular weight excluding hydrogens is 445 g/mol. The van der Waals surface area contributed by atoms with E-state index in [9.17, 15) is 22.8 Å². The number of nitrogens with two attached hydrogens (primary N) is 1. The van der Waals surface area contributed by atoms with Gasteiger partial charge >= 0.3 is 6.18 Å². The van der Waals surface area contributed by atoms with E-state index in [-0.39, 0.29) is 12.1 Å². The molecule has 184 valence electrons. The van der Waals surface area contributed by atoms with Crippen molar-refractivity contribution in [2.45, 2.75) is 50.4 Å². The third-order valence-corrected chi connectivity index (χ3v) is 5.95. The maximum atomic E-state index is 13.0. The normalized spacial score (nSPS) is 16.1. The summed E-state index contributed by atoms with van der Waals surface area (Å²) < 4.78 is 39.1. The largest absolute Gasteiger partial charge is 0.416 e. The average Bonchev–Trinajstić information content (AvgIpc) is 3.34. The van der Waals surface area contributed by atoms with Crippen LogP contribution in [0.5, 0.6) is 0 Å². The van der Waals surface area contributed by atoms with Crippen molar-refractivity contribution < 1.29 is 22.8 Å². The summed E-state index contributed by atoms with van der Waals surface area (Å²) in [5.41, 5.74) is 6.20. The van der Waals surface area contributed by atoms with Crippen LogP contribution in [0.3, 0.4) is 0 Å². The van der Waals surface area contributed by atoms with Crippen molar-refractivity contribution in [3.05, 3.63) is 65.7 Å². The number of hydrogen-bond acceptors (Lipinski definition) is 4. The van der Waals surface area contributed by atoms with E-state index in [4.69, 9.17) is 5.73 Å². The monoisotopic (exact) mass is 476 g/mol. The van der Waals surface area contributed by atoms with Gasteiger partial charge < -0.3 is 21.3 Å². The van der Waals surface area contributed by atoms with E-state index in [2.05, 4.69) is 15.5 Å². The molecule has 0 bridgehead atoms. The summed E-state index contributed by atoms with van der Waals surface area (Å²) in [4.78, 5) is 27.9. The number of rotatable bonds is 10. The molecule has 1 heterocycles. The van der Waals surface area contributed by atoms with Crippen LogP contribution < -0.4 is 16.4 Å². The molecule has 0 saturated carbocycles. The number of likely N-dealkylation sites (tertiary alicyclic amines) is 1. The van der Waals surface area contributed by atoms with E-state index in [1.807, 2.05) is 30.3 Å². The van der Waals surface area contributed by atoms with Crippen LogP contribution in [0.25, 0.3) is 0 Å². The highest BCUT2D eigenvalue weighted by Gasteiger charge is 2.31. The highest BCUT2D eigenvalue weighted by molar-refractivity contribution is 5.97. The Hall–Kier alpha value is -2.91. The van der Waals surface area contributed by atoms with Crippen LogP contribution in [0.4, 0.5) is 18.9 Å². The molecule has 0 aromatic heterocycles. The number of anilines is 1. The molecule has 6 nitrogen and oxygen atoms in total. The highest BCUT2D eigenvalue weighted by atomic mass is 19.4. The lowest BCUT2D eigenvalue weighted by atomic mass is 10.0. The number of hydrogen-bond donors (Lipinski definition) is 3. The fraction of sp³-hybridized carbons (Fsp3) is 0.440. The van der Waals surface area contributed by atoms with Crippen LogP contribution in [-0.4, -0.2) is 48.4 Å². The minimum atomic E-state index is -4.52. The molecule has 2 amide bonds. The van der Waals surface area contributed by atoms with Crippen LogP contribution in [0.1, 0.15) is 36.8 Å². The first-order valence-electron chi connectivity index (χ1n) is 11.5. The van der Waals surface area contributed by atoms with Gasteiger partial charge in [0, 0.05) is 12.2 Å². The lowest BCUT2D eigenvalue weighted by Crippen LogP contribution is -2.50. The van der Waals surface area contributed by atoms with Gasteiger partial charge in [-0.1, -0.05) is 36.4 Å². The Morgan fingerprint density at radius 3 is 2.35 bits per heavy atom. The van der Waals surface area contributed by atoms with Crippen molar-refractivity contribution in [3.63, 3.8) is 0 Å². The van der Waals surface area contributed by atoms with Crippen LogP contribution >= 0.6 is 0 Å². The van der Waals surface area contributed by atoms with Gasteiger partial charge in [-0.05, 0) is 69.0 Å². The smallest absolute Gasteiger partial charge is 0.343 e. The van der Waals surface area contributed by atoms with Crippen LogP contribution in [0.15, 0.2) is 54.6 Å². The molecule has 2 atom stereocenters. The first-order valence-corrected chi connectivity index (χ1v) is 11.5. The zero-order valence-corrected chi connectivity index (χ0v) is 19.0. The molecule has 34 heavy (non-hydrogen) atoms. The van der Waals surface area contributed by atoms with E-state index in [1.165, 1.54) is 12.1 Å². The molecule has 1 fully saturated rings. The highest BCUT2D eigenvalue weighted by Crippen LogP contribution is 2.30. The lowest BCUT2D eigenvalue weighted by molar-refractivity contribution is -0.137. The van der Waals surface area contributed by atoms with E-state index >= 15 is 0 Å². The Bertz CT molecular complexity index is 947. The SMILES string of the molecule is NC(CCN1CCCC1)C(=O)NC(CCc1ccccc1)C(=O)Nc1cccc(C(F)(F)F)c1. The number of nitrogens with zero attached hydrogens (tertiary/aromatic N) is 1. The van der Waals surface area contributed by atoms with E-state index in [0.29, 0.717) is 19.4 Å². The number of carbonyl (C=O) groups is 2. The molecule has 2 aromatic rings. The lowest BCUT2D eigenvalue weighted by Gasteiger charge is -2.22. The summed E-state index contributed by atoms with van der Waals surface area (Å²) in [6.45, 7) is 2.70. The summed E-state index contributed by atoms with van der Waals surface area (Å²) in [5, 5.41) is 5.22. The summed E-state index contributed by atoms with van der Waals surface area (Å²) in [6.07, 6.45) is -1.00. The molecule has 1 saturated heterocycles. The molecule has 1 aliphatic rings. The number of aryl methyl sites for hydroxylation is 1. The Morgan fingerprint density at radius 1 is 0.971 bits per heavy atom. The van der Waals surface area contributed by atoms with Crippen LogP contribution in [0, 0.1) is 0 Å². The zero-order chi connectivity index (χ0) is 24.6. The van der Waals surface area contributed by atoms with Crippen molar-refractivity contribution in [1.29, 1.82) is 0 Å². The molecule has 4 N–H and O–H groups in total. The summed E-state index contributed by atoms with van der Waals surface area (Å²) in [6, 6.07) is 12.1. The Labute approximate surface area is 197 Å². The molecule has 9 heteroatoms. The summed E-state index contributed by atoms with van der Waals surface area (Å²) >= 11 is 0. The number of benzene rings is 2. The summed E-state index contributed by atoms with van der Waals surface area (Å²) in [5.74, 6) is -1.04. The fourth-order valence-electron chi connectivity index (χ4n) is 3.96. The fourth-order valence-corrected chi connectivity index (χ4v) is 3.96. The third-order valence-electron chi connectivity index (χ3n) is 5.95. The van der Waals surface area contributed by atoms with Gasteiger partial charge in [-0.2, -0.15) is 13.2 Å². The maximum absolute atomic E-state index is 13.0. The van der Waals surface area contributed by atoms with Crippen molar-refractivity contribution in [3.8, 4) is 0 Å². The second kappa shape index (κ2) is 12.0. The van der Waals surface area contributed by atoms with Crippen LogP contribution in [-0.2, 0) is 22.2 Å². The van der Waals surface area contributed by atoms with Gasteiger partial charge in [-0.3, -0.25) is 9.59 Å². The van der Waals surface area contributed by atoms with E-state index in [1.54, 1.807) is 0 Å². The van der Waals surface area contributed by atoms with E-state index in [0.717, 1.165) is 43.6 Å². The topological polar surface area (TPSA) is 87.5 Å². The molecule has 3 rings (SSSR count). The molecule has 1 aliphatic heterocycles. The third kappa shape index (κ3) is 7.85. The minimum Gasteiger partial charge on any atom is -0.343 e. The number of carbonyl (C=O) groups excluding carboxylic acids is 2. The second-order valence-electron chi connectivity index (χ2n) is 8.60. The minimum absolute atomic E-state index is 0.0112.